The van der Waals surface area contributed by atoms with E-state index in [0.29, 0.717) is 5.75 Å². The fourth-order valence-corrected chi connectivity index (χ4v) is 1.32. The normalized spacial score (nSPS) is 10.2. The van der Waals surface area contributed by atoms with Gasteiger partial charge in [-0.1, -0.05) is 30.3 Å². The van der Waals surface area contributed by atoms with Crippen LogP contribution in [0.5, 0.6) is 5.75 Å². The SMILES string of the molecule is [18F]COc1ccc2ccccc2c1. The molecule has 2 aromatic carbocycles. The fraction of sp³-hybridized carbons (Fsp3) is 0.0909. The van der Waals surface area contributed by atoms with Crippen molar-refractivity contribution in [2.45, 2.75) is 0 Å². The van der Waals surface area contributed by atoms with Gasteiger partial charge in [-0.25, -0.2) is 4.39 Å². The molecule has 0 saturated carbocycles. The Kier molecular flexibility index (Phi) is 2.13. The van der Waals surface area contributed by atoms with Crippen LogP contribution in [0.4, 0.5) is 4.39 Å². The molecule has 2 heteroatoms. The number of hydrogen-bond donors (Lipinski definition) is 0. The molecule has 0 aliphatic rings. The highest BCUT2D eigenvalue weighted by atomic mass is 18.2. The van der Waals surface area contributed by atoms with Crippen LogP contribution in [-0.4, -0.2) is 6.86 Å². The van der Waals surface area contributed by atoms with Crippen molar-refractivity contribution in [3.63, 3.8) is 0 Å². The average Bonchev–Trinajstić information content (AvgIpc) is 2.18. The van der Waals surface area contributed by atoms with Gasteiger partial charge in [-0.3, -0.25) is 0 Å². The molecule has 0 radical (unpaired) electrons. The highest BCUT2D eigenvalue weighted by molar-refractivity contribution is 5.83. The molecule has 1 nitrogen and oxygen atoms in total. The minimum atomic E-state index is -0.779. The van der Waals surface area contributed by atoms with Crippen molar-refractivity contribution in [3.8, 4) is 5.75 Å². The number of hydrogen-bond acceptors (Lipinski definition) is 1. The van der Waals surface area contributed by atoms with E-state index in [9.17, 15) is 4.39 Å². The van der Waals surface area contributed by atoms with Gasteiger partial charge in [-0.05, 0) is 22.9 Å². The molecule has 0 aliphatic heterocycles. The highest BCUT2D eigenvalue weighted by Gasteiger charge is 1.95. The van der Waals surface area contributed by atoms with Crippen molar-refractivity contribution in [1.82, 2.24) is 0 Å². The third-order valence-electron chi connectivity index (χ3n) is 1.94. The largest absolute Gasteiger partial charge is 0.463 e. The van der Waals surface area contributed by atoms with Crippen LogP contribution in [0, 0.1) is 0 Å². The Bertz CT molecular complexity index is 412. The Morgan fingerprint density at radius 3 is 2.54 bits per heavy atom. The molecule has 0 saturated heterocycles. The first-order chi connectivity index (χ1) is 6.40. The fourth-order valence-electron chi connectivity index (χ4n) is 1.32. The standard InChI is InChI=1S/C11H9FO/c12-8-13-11-6-5-9-3-1-2-4-10(9)7-11/h1-7H,8H2/i12-1. The summed E-state index contributed by atoms with van der Waals surface area (Å²) in [6.45, 7) is -0.779. The van der Waals surface area contributed by atoms with E-state index in [1.165, 1.54) is 0 Å². The number of ether oxygens (including phenoxy) is 1. The summed E-state index contributed by atoms with van der Waals surface area (Å²) in [4.78, 5) is 0. The molecule has 0 atom stereocenters. The molecule has 2 aromatic rings. The van der Waals surface area contributed by atoms with Gasteiger partial charge in [-0.2, -0.15) is 0 Å². The Hall–Kier alpha value is -1.57. The number of rotatable bonds is 2. The molecule has 0 unspecified atom stereocenters. The summed E-state index contributed by atoms with van der Waals surface area (Å²) in [5.41, 5.74) is 0. The van der Waals surface area contributed by atoms with Crippen LogP contribution in [0.15, 0.2) is 42.5 Å². The molecule has 0 amide bonds. The van der Waals surface area contributed by atoms with Crippen LogP contribution in [0.1, 0.15) is 0 Å². The molecule has 0 spiro atoms. The maximum atomic E-state index is 11.9. The predicted molar refractivity (Wildman–Crippen MR) is 50.6 cm³/mol. The number of fused-ring (bicyclic) bond motifs is 1. The molecule has 0 bridgehead atoms. The van der Waals surface area contributed by atoms with Gasteiger partial charge in [0.2, 0.25) is 6.86 Å². The van der Waals surface area contributed by atoms with Crippen molar-refractivity contribution in [2.24, 2.45) is 0 Å². The number of alkyl halides is 1. The number of halogens is 1. The van der Waals surface area contributed by atoms with Gasteiger partial charge >= 0.3 is 0 Å². The van der Waals surface area contributed by atoms with Gasteiger partial charge in [0.1, 0.15) is 5.75 Å². The van der Waals surface area contributed by atoms with Crippen LogP contribution in [0.3, 0.4) is 0 Å². The third kappa shape index (κ3) is 1.61. The zero-order valence-electron chi connectivity index (χ0n) is 7.03. The van der Waals surface area contributed by atoms with Crippen molar-refractivity contribution in [3.05, 3.63) is 42.5 Å². The van der Waals surface area contributed by atoms with Gasteiger partial charge in [0.05, 0.1) is 0 Å². The molecule has 0 N–H and O–H groups in total. The second kappa shape index (κ2) is 3.44. The summed E-state index contributed by atoms with van der Waals surface area (Å²) in [6.07, 6.45) is 0. The molecular weight excluding hydrogens is 166 g/mol. The second-order valence-electron chi connectivity index (χ2n) is 2.76. The maximum absolute atomic E-state index is 11.9. The lowest BCUT2D eigenvalue weighted by Gasteiger charge is -2.02. The Morgan fingerprint density at radius 2 is 1.77 bits per heavy atom. The zero-order chi connectivity index (χ0) is 9.10. The summed E-state index contributed by atoms with van der Waals surface area (Å²) in [7, 11) is 0. The molecule has 66 valence electrons. The van der Waals surface area contributed by atoms with E-state index < -0.39 is 6.86 Å². The lowest BCUT2D eigenvalue weighted by atomic mass is 10.1. The first kappa shape index (κ1) is 8.05. The smallest absolute Gasteiger partial charge is 0.228 e. The minimum Gasteiger partial charge on any atom is -0.463 e. The van der Waals surface area contributed by atoms with Gasteiger partial charge in [0.15, 0.2) is 0 Å². The monoisotopic (exact) mass is 175 g/mol. The Balaban J connectivity index is 2.49. The first-order valence-electron chi connectivity index (χ1n) is 4.08. The molecule has 13 heavy (non-hydrogen) atoms. The van der Waals surface area contributed by atoms with Crippen molar-refractivity contribution >= 4 is 10.8 Å². The second-order valence-corrected chi connectivity index (χ2v) is 2.76. The summed E-state index contributed by atoms with van der Waals surface area (Å²) in [6, 6.07) is 13.4. The third-order valence-corrected chi connectivity index (χ3v) is 1.94. The van der Waals surface area contributed by atoms with Crippen LogP contribution in [0.25, 0.3) is 10.8 Å². The summed E-state index contributed by atoms with van der Waals surface area (Å²) in [5, 5.41) is 2.20. The van der Waals surface area contributed by atoms with Gasteiger partial charge in [-0.15, -0.1) is 0 Å². The van der Waals surface area contributed by atoms with Crippen LogP contribution in [-0.2, 0) is 0 Å². The van der Waals surface area contributed by atoms with Gasteiger partial charge in [0, 0.05) is 0 Å². The number of benzene rings is 2. The first-order valence-corrected chi connectivity index (χ1v) is 4.08. The topological polar surface area (TPSA) is 9.23 Å². The summed E-state index contributed by atoms with van der Waals surface area (Å²) < 4.78 is 16.6. The van der Waals surface area contributed by atoms with E-state index in [1.54, 1.807) is 6.07 Å². The summed E-state index contributed by atoms with van der Waals surface area (Å²) in [5.74, 6) is 0.571. The van der Waals surface area contributed by atoms with Crippen LogP contribution < -0.4 is 4.74 Å². The van der Waals surface area contributed by atoms with Crippen LogP contribution in [0.2, 0.25) is 0 Å². The summed E-state index contributed by atoms with van der Waals surface area (Å²) >= 11 is 0. The molecule has 0 fully saturated rings. The van der Waals surface area contributed by atoms with E-state index in [-0.39, 0.29) is 0 Å². The van der Waals surface area contributed by atoms with Gasteiger partial charge in [0.25, 0.3) is 0 Å². The highest BCUT2D eigenvalue weighted by Crippen LogP contribution is 2.20. The Labute approximate surface area is 75.8 Å². The molecule has 0 aromatic heterocycles. The lowest BCUT2D eigenvalue weighted by Crippen LogP contribution is -1.88. The molecule has 0 aliphatic carbocycles. The molecule has 0 heterocycles. The molecular formula is C11H9FO. The van der Waals surface area contributed by atoms with Crippen molar-refractivity contribution < 1.29 is 9.13 Å². The van der Waals surface area contributed by atoms with E-state index in [2.05, 4.69) is 0 Å². The lowest BCUT2D eigenvalue weighted by molar-refractivity contribution is 0.192. The van der Waals surface area contributed by atoms with Crippen LogP contribution >= 0.6 is 0 Å². The maximum Gasteiger partial charge on any atom is 0.228 e. The predicted octanol–water partition coefficient (Wildman–Crippen LogP) is 3.15. The van der Waals surface area contributed by atoms with Gasteiger partial charge < -0.3 is 4.74 Å². The van der Waals surface area contributed by atoms with E-state index in [1.807, 2.05) is 36.4 Å². The zero-order valence-corrected chi connectivity index (χ0v) is 7.03. The quantitative estimate of drug-likeness (QED) is 0.681. The average molecular weight is 175 g/mol. The minimum absolute atomic E-state index is 0.571. The molecule has 2 rings (SSSR count). The van der Waals surface area contributed by atoms with Crippen molar-refractivity contribution in [2.75, 3.05) is 6.86 Å². The van der Waals surface area contributed by atoms with Crippen molar-refractivity contribution in [1.29, 1.82) is 0 Å². The Morgan fingerprint density at radius 1 is 1.00 bits per heavy atom. The van der Waals surface area contributed by atoms with E-state index in [4.69, 9.17) is 4.74 Å². The van der Waals surface area contributed by atoms with E-state index in [0.717, 1.165) is 10.8 Å². The van der Waals surface area contributed by atoms with E-state index >= 15 is 0 Å².